The Morgan fingerprint density at radius 3 is 2.61 bits per heavy atom. The maximum atomic E-state index is 15.3. The highest BCUT2D eigenvalue weighted by Crippen LogP contribution is 2.34. The number of aliphatic imine (C=N–C) groups is 1. The van der Waals surface area contributed by atoms with Crippen LogP contribution in [0, 0.1) is 23.6 Å². The Bertz CT molecular complexity index is 1520. The molecule has 1 unspecified atom stereocenters. The summed E-state index contributed by atoms with van der Waals surface area (Å²) in [5, 5.41) is 10.9. The van der Waals surface area contributed by atoms with E-state index < -0.39 is 24.1 Å². The first-order chi connectivity index (χ1) is 19.5. The molecule has 0 aliphatic carbocycles. The molecule has 3 heterocycles. The van der Waals surface area contributed by atoms with E-state index in [4.69, 9.17) is 16.6 Å². The molecule has 0 spiro atoms. The lowest BCUT2D eigenvalue weighted by atomic mass is 10.0. The number of anilines is 1. The second-order valence-electron chi connectivity index (χ2n) is 9.47. The number of ether oxygens (including phenoxy) is 1. The Hall–Kier alpha value is -4.60. The van der Waals surface area contributed by atoms with E-state index in [-0.39, 0.29) is 47.9 Å². The Morgan fingerprint density at radius 2 is 2.02 bits per heavy atom. The van der Waals surface area contributed by atoms with E-state index in [0.29, 0.717) is 22.4 Å². The molecule has 0 saturated carbocycles. The summed E-state index contributed by atoms with van der Waals surface area (Å²) >= 11 is 0. The number of hydrogen-bond donors (Lipinski definition) is 2. The minimum absolute atomic E-state index is 0.0104. The van der Waals surface area contributed by atoms with Gasteiger partial charge in [-0.2, -0.15) is 13.2 Å². The molecule has 1 aromatic carbocycles. The number of aromatic nitrogens is 4. The molecule has 1 aliphatic rings. The molecule has 4 rings (SSSR count). The van der Waals surface area contributed by atoms with Gasteiger partial charge in [0.05, 0.1) is 30.5 Å². The fraction of sp³-hybridized carbons (Fsp3) is 0.357. The molecular formula is C28H28F4N8O. The fourth-order valence-electron chi connectivity index (χ4n) is 4.43. The van der Waals surface area contributed by atoms with Gasteiger partial charge in [-0.05, 0) is 30.5 Å². The Balaban J connectivity index is 1.70. The lowest BCUT2D eigenvalue weighted by Crippen LogP contribution is -2.35. The summed E-state index contributed by atoms with van der Waals surface area (Å²) in [4.78, 5) is 22.6. The van der Waals surface area contributed by atoms with Crippen molar-refractivity contribution in [1.29, 1.82) is 5.41 Å². The summed E-state index contributed by atoms with van der Waals surface area (Å²) < 4.78 is 60.6. The van der Waals surface area contributed by atoms with Crippen LogP contribution in [0.3, 0.4) is 0 Å². The van der Waals surface area contributed by atoms with Crippen molar-refractivity contribution in [2.45, 2.75) is 44.9 Å². The number of likely N-dealkylation sites (N-methyl/N-ethyl adjacent to an activating group) is 1. The fourth-order valence-corrected chi connectivity index (χ4v) is 4.43. The zero-order chi connectivity index (χ0) is 29.9. The first kappa shape index (κ1) is 29.4. The van der Waals surface area contributed by atoms with Gasteiger partial charge in [-0.3, -0.25) is 4.99 Å². The molecule has 214 valence electrons. The molecule has 0 bridgehead atoms. The summed E-state index contributed by atoms with van der Waals surface area (Å²) in [6.07, 6.45) is 5.12. The minimum Gasteiger partial charge on any atom is -0.480 e. The second kappa shape index (κ2) is 11.9. The van der Waals surface area contributed by atoms with E-state index in [0.717, 1.165) is 12.3 Å². The maximum absolute atomic E-state index is 15.3. The molecule has 0 amide bonds. The standard InChI is InChI=1S/C28H28F4N8O/c1-6-20(16-8-9-18(19(29)10-16)26-38-21(28(30,31)32)13-40(26)7-2)37-24-17(11-33)12-34-25(39-24)22-23(15(3)4)35-14-36-27(22)41-5/h1,8-12,14-15,20-21,33H,7,13H2,2-5H3,(H,34,37,39)/t20-,21?/m0/s1. The van der Waals surface area contributed by atoms with Gasteiger partial charge in [-0.1, -0.05) is 25.8 Å². The van der Waals surface area contributed by atoms with Crippen LogP contribution >= 0.6 is 0 Å². The molecule has 2 aromatic heterocycles. The van der Waals surface area contributed by atoms with Crippen LogP contribution in [-0.4, -0.2) is 69.3 Å². The molecule has 41 heavy (non-hydrogen) atoms. The van der Waals surface area contributed by atoms with Gasteiger partial charge < -0.3 is 20.4 Å². The molecule has 13 heteroatoms. The molecule has 3 aromatic rings. The van der Waals surface area contributed by atoms with Gasteiger partial charge in [-0.15, -0.1) is 6.42 Å². The highest BCUT2D eigenvalue weighted by Gasteiger charge is 2.45. The van der Waals surface area contributed by atoms with E-state index in [2.05, 4.69) is 36.2 Å². The molecule has 0 fully saturated rings. The van der Waals surface area contributed by atoms with E-state index in [1.807, 2.05) is 13.8 Å². The molecule has 9 nitrogen and oxygen atoms in total. The third-order valence-electron chi connectivity index (χ3n) is 6.52. The predicted molar refractivity (Wildman–Crippen MR) is 147 cm³/mol. The van der Waals surface area contributed by atoms with Crippen molar-refractivity contribution < 1.29 is 22.3 Å². The van der Waals surface area contributed by atoms with Crippen LogP contribution in [0.2, 0.25) is 0 Å². The number of methoxy groups -OCH3 is 1. The van der Waals surface area contributed by atoms with Crippen LogP contribution in [0.15, 0.2) is 35.7 Å². The van der Waals surface area contributed by atoms with Gasteiger partial charge in [0.25, 0.3) is 0 Å². The van der Waals surface area contributed by atoms with Crippen LogP contribution in [0.1, 0.15) is 55.1 Å². The summed E-state index contributed by atoms with van der Waals surface area (Å²) in [6.45, 7) is 5.44. The van der Waals surface area contributed by atoms with Gasteiger partial charge in [-0.25, -0.2) is 24.3 Å². The van der Waals surface area contributed by atoms with Crippen molar-refractivity contribution in [2.75, 3.05) is 25.5 Å². The van der Waals surface area contributed by atoms with Crippen LogP contribution in [-0.2, 0) is 0 Å². The van der Waals surface area contributed by atoms with Crippen LogP contribution < -0.4 is 10.1 Å². The topological polar surface area (TPSA) is 112 Å². The SMILES string of the molecule is C#C[C@H](Nc1nc(-c2c(OC)ncnc2C(C)C)ncc1C=N)c1ccc(C2=NC(C(F)(F)F)CN2CC)c(F)c1. The third-order valence-corrected chi connectivity index (χ3v) is 6.52. The number of nitrogens with one attached hydrogen (secondary N) is 2. The number of terminal acetylenes is 1. The Labute approximate surface area is 234 Å². The number of nitrogens with zero attached hydrogens (tertiary/aromatic N) is 6. The minimum atomic E-state index is -4.53. The highest BCUT2D eigenvalue weighted by molar-refractivity contribution is 6.00. The van der Waals surface area contributed by atoms with E-state index in [1.54, 1.807) is 6.92 Å². The highest BCUT2D eigenvalue weighted by atomic mass is 19.4. The van der Waals surface area contributed by atoms with Crippen molar-refractivity contribution in [3.8, 4) is 29.6 Å². The molecular weight excluding hydrogens is 540 g/mol. The monoisotopic (exact) mass is 568 g/mol. The first-order valence-corrected chi connectivity index (χ1v) is 12.7. The normalized spacial score (nSPS) is 15.9. The van der Waals surface area contributed by atoms with Crippen molar-refractivity contribution >= 4 is 17.9 Å². The number of benzene rings is 1. The zero-order valence-electron chi connectivity index (χ0n) is 22.8. The average molecular weight is 569 g/mol. The summed E-state index contributed by atoms with van der Waals surface area (Å²) in [5.41, 5.74) is 1.71. The van der Waals surface area contributed by atoms with Gasteiger partial charge in [0.15, 0.2) is 11.9 Å². The van der Waals surface area contributed by atoms with E-state index in [1.165, 1.54) is 36.7 Å². The molecule has 2 N–H and O–H groups in total. The molecule has 0 saturated heterocycles. The second-order valence-corrected chi connectivity index (χ2v) is 9.47. The zero-order valence-corrected chi connectivity index (χ0v) is 22.8. The van der Waals surface area contributed by atoms with Gasteiger partial charge in [0.2, 0.25) is 5.88 Å². The van der Waals surface area contributed by atoms with Crippen LogP contribution in [0.4, 0.5) is 23.4 Å². The maximum Gasteiger partial charge on any atom is 0.412 e. The molecule has 2 atom stereocenters. The average Bonchev–Trinajstić information content (AvgIpc) is 3.40. The number of alkyl halides is 3. The van der Waals surface area contributed by atoms with Crippen molar-refractivity contribution in [3.63, 3.8) is 0 Å². The first-order valence-electron chi connectivity index (χ1n) is 12.7. The van der Waals surface area contributed by atoms with E-state index in [9.17, 15) is 13.2 Å². The molecule has 1 aliphatic heterocycles. The van der Waals surface area contributed by atoms with Crippen molar-refractivity contribution in [1.82, 2.24) is 24.8 Å². The number of rotatable bonds is 9. The van der Waals surface area contributed by atoms with Gasteiger partial charge in [0, 0.05) is 19.0 Å². The largest absolute Gasteiger partial charge is 0.480 e. The number of amidine groups is 1. The van der Waals surface area contributed by atoms with Crippen molar-refractivity contribution in [3.05, 3.63) is 58.9 Å². The lowest BCUT2D eigenvalue weighted by molar-refractivity contribution is -0.145. The van der Waals surface area contributed by atoms with Gasteiger partial charge in [0.1, 0.15) is 35.4 Å². The summed E-state index contributed by atoms with van der Waals surface area (Å²) in [6, 6.07) is 1.20. The Morgan fingerprint density at radius 1 is 1.27 bits per heavy atom. The van der Waals surface area contributed by atoms with Crippen molar-refractivity contribution in [2.24, 2.45) is 4.99 Å². The predicted octanol–water partition coefficient (Wildman–Crippen LogP) is 5.00. The quantitative estimate of drug-likeness (QED) is 0.212. The van der Waals surface area contributed by atoms with E-state index >= 15 is 4.39 Å². The number of halogens is 4. The summed E-state index contributed by atoms with van der Waals surface area (Å²) in [5.74, 6) is 2.40. The van der Waals surface area contributed by atoms with Gasteiger partial charge >= 0.3 is 6.18 Å². The lowest BCUT2D eigenvalue weighted by Gasteiger charge is -2.21. The smallest absolute Gasteiger partial charge is 0.412 e. The van der Waals surface area contributed by atoms with Crippen LogP contribution in [0.25, 0.3) is 11.4 Å². The summed E-state index contributed by atoms with van der Waals surface area (Å²) in [7, 11) is 1.47. The molecule has 0 radical (unpaired) electrons. The number of hydrogen-bond acceptors (Lipinski definition) is 9. The van der Waals surface area contributed by atoms with Crippen LogP contribution in [0.5, 0.6) is 5.88 Å². The Kier molecular flexibility index (Phi) is 8.51. The third kappa shape index (κ3) is 5.96.